The highest BCUT2D eigenvalue weighted by Crippen LogP contribution is 2.29. The lowest BCUT2D eigenvalue weighted by Crippen LogP contribution is -2.52. The Morgan fingerprint density at radius 2 is 1.72 bits per heavy atom. The van der Waals surface area contributed by atoms with Gasteiger partial charge in [0, 0.05) is 12.2 Å². The lowest BCUT2D eigenvalue weighted by atomic mass is 10.0. The normalized spacial score (nSPS) is 12.8. The van der Waals surface area contributed by atoms with Gasteiger partial charge in [-0.2, -0.15) is 11.8 Å². The number of alkyl carbamates (subject to hydrolysis) is 1. The summed E-state index contributed by atoms with van der Waals surface area (Å²) < 4.78 is 5.43. The van der Waals surface area contributed by atoms with Crippen LogP contribution < -0.4 is 10.6 Å². The van der Waals surface area contributed by atoms with E-state index in [9.17, 15) is 19.5 Å². The molecule has 0 radical (unpaired) electrons. The first kappa shape index (κ1) is 32.0. The number of rotatable bonds is 12. The largest absolute Gasteiger partial charge is 0.508 e. The fourth-order valence-corrected chi connectivity index (χ4v) is 4.68. The molecule has 0 spiro atoms. The lowest BCUT2D eigenvalue weighted by Gasteiger charge is -2.35. The van der Waals surface area contributed by atoms with Crippen LogP contribution in [-0.2, 0) is 14.3 Å². The molecule has 3 amide bonds. The third-order valence-corrected chi connectivity index (χ3v) is 6.75. The fraction of sp³-hybridized carbons (Fsp3) is 0.500. The van der Waals surface area contributed by atoms with Crippen molar-refractivity contribution in [1.29, 1.82) is 0 Å². The van der Waals surface area contributed by atoms with E-state index in [0.717, 1.165) is 17.5 Å². The SMILES string of the molecule is CCCCN(C(=O)C(CCSC)NC(=O)OC(C)(C)C)C(C(=O)Nc1c(C)cccc1C)c1cccc(O)c1. The highest BCUT2D eigenvalue weighted by atomic mass is 32.2. The van der Waals surface area contributed by atoms with Gasteiger partial charge in [-0.3, -0.25) is 9.59 Å². The Morgan fingerprint density at radius 1 is 1.08 bits per heavy atom. The Hall–Kier alpha value is -3.20. The molecule has 2 rings (SSSR count). The quantitative estimate of drug-likeness (QED) is 0.297. The maximum Gasteiger partial charge on any atom is 0.408 e. The Morgan fingerprint density at radius 3 is 2.28 bits per heavy atom. The average Bonchev–Trinajstić information content (AvgIpc) is 2.85. The molecule has 0 heterocycles. The van der Waals surface area contributed by atoms with Crippen LogP contribution >= 0.6 is 11.8 Å². The molecule has 0 saturated carbocycles. The summed E-state index contributed by atoms with van der Waals surface area (Å²) in [5, 5.41) is 16.0. The summed E-state index contributed by atoms with van der Waals surface area (Å²) in [4.78, 5) is 42.3. The standard InChI is InChI=1S/C30H43N3O5S/c1-8-9-17-33(28(36)24(16-18-39-7)31-29(37)38-30(4,5)6)26(22-14-11-15-23(34)19-22)27(35)32-25-20(2)12-10-13-21(25)3/h10-15,19,24,26,34H,8-9,16-18H2,1-7H3,(H,31,37)(H,32,35). The van der Waals surface area contributed by atoms with Crippen LogP contribution in [0.1, 0.15) is 69.7 Å². The molecule has 2 aromatic rings. The number of hydrogen-bond acceptors (Lipinski definition) is 6. The highest BCUT2D eigenvalue weighted by Gasteiger charge is 2.36. The second-order valence-electron chi connectivity index (χ2n) is 10.6. The zero-order valence-electron chi connectivity index (χ0n) is 24.2. The minimum atomic E-state index is -1.03. The molecule has 214 valence electrons. The predicted octanol–water partition coefficient (Wildman–Crippen LogP) is 5.96. The lowest BCUT2D eigenvalue weighted by molar-refractivity contribution is -0.141. The van der Waals surface area contributed by atoms with E-state index < -0.39 is 29.7 Å². The molecule has 0 aromatic heterocycles. The van der Waals surface area contributed by atoms with Gasteiger partial charge in [-0.1, -0.05) is 43.7 Å². The summed E-state index contributed by atoms with van der Waals surface area (Å²) in [6.07, 6.45) is 3.06. The number of carbonyl (C=O) groups excluding carboxylic acids is 3. The van der Waals surface area contributed by atoms with Gasteiger partial charge in [-0.05, 0) is 88.3 Å². The maximum absolute atomic E-state index is 14.2. The molecule has 0 fully saturated rings. The van der Waals surface area contributed by atoms with E-state index in [1.807, 2.05) is 45.2 Å². The van der Waals surface area contributed by atoms with Gasteiger partial charge in [0.1, 0.15) is 23.4 Å². The van der Waals surface area contributed by atoms with Gasteiger partial charge < -0.3 is 25.4 Å². The molecule has 0 aliphatic heterocycles. The minimum Gasteiger partial charge on any atom is -0.508 e. The second kappa shape index (κ2) is 14.8. The molecule has 0 aliphatic carbocycles. The number of amides is 3. The van der Waals surface area contributed by atoms with Gasteiger partial charge in [0.05, 0.1) is 0 Å². The number of thioether (sulfide) groups is 1. The summed E-state index contributed by atoms with van der Waals surface area (Å²) in [6, 6.07) is 10.2. The summed E-state index contributed by atoms with van der Waals surface area (Å²) in [7, 11) is 0. The third-order valence-electron chi connectivity index (χ3n) is 6.11. The van der Waals surface area contributed by atoms with Crippen LogP contribution in [0.2, 0.25) is 0 Å². The smallest absolute Gasteiger partial charge is 0.408 e. The third kappa shape index (κ3) is 9.80. The summed E-state index contributed by atoms with van der Waals surface area (Å²) in [5.41, 5.74) is 2.22. The van der Waals surface area contributed by atoms with Crippen molar-refractivity contribution in [2.24, 2.45) is 0 Å². The number of phenolic OH excluding ortho intramolecular Hbond substituents is 1. The number of anilines is 1. The number of nitrogens with one attached hydrogen (secondary N) is 2. The van der Waals surface area contributed by atoms with Crippen molar-refractivity contribution in [2.45, 2.75) is 78.5 Å². The van der Waals surface area contributed by atoms with E-state index in [1.165, 1.54) is 17.0 Å². The van der Waals surface area contributed by atoms with Crippen LogP contribution in [0.15, 0.2) is 42.5 Å². The molecule has 8 nitrogen and oxygen atoms in total. The second-order valence-corrected chi connectivity index (χ2v) is 11.6. The van der Waals surface area contributed by atoms with Gasteiger partial charge in [-0.25, -0.2) is 4.79 Å². The Kier molecular flexibility index (Phi) is 12.2. The Bertz CT molecular complexity index is 1110. The predicted molar refractivity (Wildman–Crippen MR) is 158 cm³/mol. The van der Waals surface area contributed by atoms with Gasteiger partial charge in [0.25, 0.3) is 5.91 Å². The topological polar surface area (TPSA) is 108 Å². The van der Waals surface area contributed by atoms with Gasteiger partial charge in [0.15, 0.2) is 0 Å². The number of phenols is 1. The minimum absolute atomic E-state index is 0.00826. The number of unbranched alkanes of at least 4 members (excludes halogenated alkanes) is 1. The molecule has 0 saturated heterocycles. The molecule has 2 aromatic carbocycles. The van der Waals surface area contributed by atoms with Crippen molar-refractivity contribution in [3.05, 3.63) is 59.2 Å². The van der Waals surface area contributed by atoms with Crippen LogP contribution in [0.4, 0.5) is 10.5 Å². The summed E-state index contributed by atoms with van der Waals surface area (Å²) >= 11 is 1.56. The number of ether oxygens (including phenoxy) is 1. The Balaban J connectivity index is 2.55. The fourth-order valence-electron chi connectivity index (χ4n) is 4.21. The van der Waals surface area contributed by atoms with Gasteiger partial charge >= 0.3 is 6.09 Å². The molecule has 9 heteroatoms. The average molecular weight is 558 g/mol. The first-order valence-electron chi connectivity index (χ1n) is 13.3. The molecular weight excluding hydrogens is 514 g/mol. The van der Waals surface area contributed by atoms with Crippen LogP contribution in [0.3, 0.4) is 0 Å². The number of aryl methyl sites for hydroxylation is 2. The van der Waals surface area contributed by atoms with Gasteiger partial charge in [-0.15, -0.1) is 0 Å². The molecule has 2 atom stereocenters. The molecule has 0 aliphatic rings. The molecule has 0 bridgehead atoms. The molecule has 2 unspecified atom stereocenters. The van der Waals surface area contributed by atoms with Crippen LogP contribution in [0.25, 0.3) is 0 Å². The summed E-state index contributed by atoms with van der Waals surface area (Å²) in [5.74, 6) is -0.165. The van der Waals surface area contributed by atoms with Crippen LogP contribution in [0, 0.1) is 13.8 Å². The molecule has 39 heavy (non-hydrogen) atoms. The van der Waals surface area contributed by atoms with E-state index in [2.05, 4.69) is 10.6 Å². The van der Waals surface area contributed by atoms with E-state index in [0.29, 0.717) is 36.4 Å². The Labute approximate surface area is 236 Å². The van der Waals surface area contributed by atoms with Crippen molar-refractivity contribution < 1.29 is 24.2 Å². The highest BCUT2D eigenvalue weighted by molar-refractivity contribution is 7.98. The van der Waals surface area contributed by atoms with Crippen LogP contribution in [0.5, 0.6) is 5.75 Å². The number of nitrogens with zero attached hydrogens (tertiary/aromatic N) is 1. The number of hydrogen-bond donors (Lipinski definition) is 3. The maximum atomic E-state index is 14.2. The van der Waals surface area contributed by atoms with Crippen molar-refractivity contribution in [3.63, 3.8) is 0 Å². The number of para-hydroxylation sites is 1. The number of carbonyl (C=O) groups is 3. The van der Waals surface area contributed by atoms with Gasteiger partial charge in [0.2, 0.25) is 5.91 Å². The number of aromatic hydroxyl groups is 1. The zero-order chi connectivity index (χ0) is 29.2. The van der Waals surface area contributed by atoms with E-state index >= 15 is 0 Å². The van der Waals surface area contributed by atoms with E-state index in [1.54, 1.807) is 44.7 Å². The molecular formula is C30H43N3O5S. The van der Waals surface area contributed by atoms with Crippen molar-refractivity contribution >= 4 is 35.4 Å². The first-order chi connectivity index (χ1) is 18.4. The van der Waals surface area contributed by atoms with E-state index in [4.69, 9.17) is 4.74 Å². The van der Waals surface area contributed by atoms with Crippen molar-refractivity contribution in [3.8, 4) is 5.75 Å². The van der Waals surface area contributed by atoms with Crippen molar-refractivity contribution in [1.82, 2.24) is 10.2 Å². The zero-order valence-corrected chi connectivity index (χ0v) is 25.0. The summed E-state index contributed by atoms with van der Waals surface area (Å²) in [6.45, 7) is 11.4. The van der Waals surface area contributed by atoms with E-state index in [-0.39, 0.29) is 11.7 Å². The van der Waals surface area contributed by atoms with Crippen molar-refractivity contribution in [2.75, 3.05) is 23.9 Å². The number of benzene rings is 2. The first-order valence-corrected chi connectivity index (χ1v) is 14.7. The van der Waals surface area contributed by atoms with Crippen LogP contribution in [-0.4, -0.2) is 58.1 Å². The molecule has 3 N–H and O–H groups in total. The monoisotopic (exact) mass is 557 g/mol.